The molecular weight excluding hydrogens is 582 g/mol. The highest BCUT2D eigenvalue weighted by molar-refractivity contribution is 9.09. The van der Waals surface area contributed by atoms with Gasteiger partial charge < -0.3 is 36.0 Å². The number of Topliss-reactive ketones (excluding diaryl/α,β-unsaturated/α-hetero) is 2. The summed E-state index contributed by atoms with van der Waals surface area (Å²) in [5, 5.41) is 59.1. The number of ketones is 2. The molecule has 1 saturated carbocycles. The van der Waals surface area contributed by atoms with Gasteiger partial charge in [0, 0.05) is 16.8 Å². The molecule has 6 atom stereocenters. The number of likely N-dealkylation sites (N-methyl/N-ethyl adjacent to an activating group) is 1. The summed E-state index contributed by atoms with van der Waals surface area (Å²) in [6.07, 6.45) is -2.59. The van der Waals surface area contributed by atoms with Crippen LogP contribution in [0.15, 0.2) is 29.0 Å². The lowest BCUT2D eigenvalue weighted by Crippen LogP contribution is -2.70. The molecule has 39 heavy (non-hydrogen) atoms. The summed E-state index contributed by atoms with van der Waals surface area (Å²) in [5.74, 6) is -9.98. The van der Waals surface area contributed by atoms with E-state index in [9.17, 15) is 44.7 Å². The summed E-state index contributed by atoms with van der Waals surface area (Å²) >= 11 is 3.11. The van der Waals surface area contributed by atoms with Crippen LogP contribution < -0.4 is 11.1 Å². The predicted molar refractivity (Wildman–Crippen MR) is 139 cm³/mol. The maximum absolute atomic E-state index is 13.9. The third-order valence-corrected chi connectivity index (χ3v) is 8.00. The second-order valence-corrected chi connectivity index (χ2v) is 10.7. The van der Waals surface area contributed by atoms with Crippen molar-refractivity contribution >= 4 is 50.9 Å². The van der Waals surface area contributed by atoms with Gasteiger partial charge in [0.2, 0.25) is 5.78 Å². The first-order valence-electron chi connectivity index (χ1n) is 11.9. The number of carbonyl (C=O) groups is 4. The van der Waals surface area contributed by atoms with E-state index in [4.69, 9.17) is 10.5 Å². The Labute approximate surface area is 230 Å². The zero-order valence-electron chi connectivity index (χ0n) is 21.1. The number of aliphatic hydroxyl groups is 4. The molecule has 1 fully saturated rings. The van der Waals surface area contributed by atoms with Gasteiger partial charge in [0.05, 0.1) is 29.3 Å². The predicted octanol–water partition coefficient (Wildman–Crippen LogP) is 0.439. The molecule has 3 aliphatic rings. The van der Waals surface area contributed by atoms with E-state index in [-0.39, 0.29) is 17.9 Å². The highest BCUT2D eigenvalue weighted by atomic mass is 79.9. The maximum Gasteiger partial charge on any atom is 0.411 e. The van der Waals surface area contributed by atoms with Gasteiger partial charge in [-0.3, -0.25) is 24.6 Å². The van der Waals surface area contributed by atoms with Crippen molar-refractivity contribution in [1.82, 2.24) is 4.90 Å². The van der Waals surface area contributed by atoms with Crippen LogP contribution in [0.2, 0.25) is 0 Å². The molecule has 2 unspecified atom stereocenters. The zero-order valence-corrected chi connectivity index (χ0v) is 22.7. The molecule has 0 bridgehead atoms. The molecule has 1 aromatic carbocycles. The van der Waals surface area contributed by atoms with Gasteiger partial charge in [-0.2, -0.15) is 0 Å². The van der Waals surface area contributed by atoms with Crippen molar-refractivity contribution in [2.45, 2.75) is 30.6 Å². The summed E-state index contributed by atoms with van der Waals surface area (Å²) in [6, 6.07) is 1.39. The van der Waals surface area contributed by atoms with Gasteiger partial charge in [0.1, 0.15) is 29.4 Å². The molecule has 2 amide bonds. The van der Waals surface area contributed by atoms with Crippen LogP contribution in [-0.4, -0.2) is 97.8 Å². The second kappa shape index (κ2) is 9.93. The first-order chi connectivity index (χ1) is 18.2. The van der Waals surface area contributed by atoms with Crippen LogP contribution in [-0.2, 0) is 19.1 Å². The fourth-order valence-corrected chi connectivity index (χ4v) is 6.16. The van der Waals surface area contributed by atoms with Gasteiger partial charge in [-0.05, 0) is 31.6 Å². The fourth-order valence-electron chi connectivity index (χ4n) is 5.99. The average molecular weight is 610 g/mol. The molecule has 8 N–H and O–H groups in total. The van der Waals surface area contributed by atoms with Crippen molar-refractivity contribution in [3.63, 3.8) is 0 Å². The van der Waals surface area contributed by atoms with Crippen LogP contribution >= 0.6 is 15.9 Å². The Kier molecular flexibility index (Phi) is 7.27. The highest BCUT2D eigenvalue weighted by Gasteiger charge is 2.68. The van der Waals surface area contributed by atoms with E-state index in [2.05, 4.69) is 21.2 Å². The second-order valence-electron chi connectivity index (χ2n) is 9.93. The molecule has 0 radical (unpaired) electrons. The molecular formula is C25H28BrN3O10. The van der Waals surface area contributed by atoms with Crippen molar-refractivity contribution in [1.29, 1.82) is 0 Å². The number of nitrogens with two attached hydrogens (primary N) is 1. The molecule has 3 aliphatic carbocycles. The molecule has 210 valence electrons. The number of rotatable bonds is 5. The van der Waals surface area contributed by atoms with E-state index in [0.717, 1.165) is 0 Å². The van der Waals surface area contributed by atoms with E-state index < -0.39 is 87.5 Å². The van der Waals surface area contributed by atoms with Gasteiger partial charge in [0.25, 0.3) is 5.91 Å². The third-order valence-electron chi connectivity index (χ3n) is 7.68. The van der Waals surface area contributed by atoms with Crippen LogP contribution in [0.5, 0.6) is 5.75 Å². The normalized spacial score (nSPS) is 30.1. The number of alkyl halides is 1. The number of aliphatic hydroxyl groups excluding tert-OH is 3. The Bertz CT molecular complexity index is 1360. The minimum absolute atomic E-state index is 0.0401. The highest BCUT2D eigenvalue weighted by Crippen LogP contribution is 2.56. The zero-order chi connectivity index (χ0) is 29.1. The van der Waals surface area contributed by atoms with E-state index >= 15 is 0 Å². The number of amides is 2. The number of fused-ring (bicyclic) bond motifs is 3. The smallest absolute Gasteiger partial charge is 0.411 e. The van der Waals surface area contributed by atoms with Gasteiger partial charge in [-0.15, -0.1) is 0 Å². The number of hydrogen-bond donors (Lipinski definition) is 7. The van der Waals surface area contributed by atoms with E-state index in [1.807, 2.05) is 0 Å². The number of primary amides is 1. The Morgan fingerprint density at radius 1 is 1.21 bits per heavy atom. The van der Waals surface area contributed by atoms with E-state index in [0.29, 0.717) is 10.9 Å². The number of nitrogens with zero attached hydrogens (tertiary/aromatic N) is 1. The summed E-state index contributed by atoms with van der Waals surface area (Å²) in [5.41, 5.74) is 0.675. The number of nitrogens with one attached hydrogen (secondary N) is 1. The number of halogens is 1. The number of aromatic hydroxyl groups is 1. The van der Waals surface area contributed by atoms with Crippen molar-refractivity contribution in [2.75, 3.05) is 31.3 Å². The number of phenols is 1. The molecule has 0 spiro atoms. The number of benzene rings is 1. The lowest BCUT2D eigenvalue weighted by molar-refractivity contribution is -0.169. The van der Waals surface area contributed by atoms with E-state index in [1.54, 1.807) is 6.92 Å². The quantitative estimate of drug-likeness (QED) is 0.138. The summed E-state index contributed by atoms with van der Waals surface area (Å²) < 4.78 is 4.91. The minimum atomic E-state index is -3.01. The average Bonchev–Trinajstić information content (AvgIpc) is 2.85. The molecule has 0 saturated heterocycles. The number of anilines is 1. The van der Waals surface area contributed by atoms with Gasteiger partial charge in [0.15, 0.2) is 11.4 Å². The van der Waals surface area contributed by atoms with Crippen LogP contribution in [0.3, 0.4) is 0 Å². The van der Waals surface area contributed by atoms with Crippen molar-refractivity contribution in [2.24, 2.45) is 17.6 Å². The van der Waals surface area contributed by atoms with Crippen LogP contribution in [0.4, 0.5) is 10.5 Å². The maximum atomic E-state index is 13.9. The van der Waals surface area contributed by atoms with Crippen LogP contribution in [0, 0.1) is 11.8 Å². The van der Waals surface area contributed by atoms with Crippen molar-refractivity contribution in [3.8, 4) is 5.75 Å². The number of carbonyl (C=O) groups excluding carboxylic acids is 4. The standard InChI is InChI=1S/C25H28BrN3O10/c1-8-9-4-5-10(28-24(37)39-7-6-26)17(30)12(9)18(31)13-11(8)19(32)15-16(29(2)3)20(33)14(23(27)36)22(35)25(15,38)21(13)34/h4-5,8,11,15-16,19,30-32,35,38H,6-7H2,1-3H3,(H2,27,36)(H,28,37)/t8-,11?,15?,16-,19-,25-/m0/s1. The summed E-state index contributed by atoms with van der Waals surface area (Å²) in [6.45, 7) is 1.64. The summed E-state index contributed by atoms with van der Waals surface area (Å²) in [7, 11) is 2.86. The molecule has 1 aromatic rings. The topological polar surface area (TPSA) is 220 Å². The lowest BCUT2D eigenvalue weighted by Gasteiger charge is -2.53. The van der Waals surface area contributed by atoms with E-state index in [1.165, 1.54) is 31.1 Å². The Balaban J connectivity index is 1.94. The number of hydrogen-bond acceptors (Lipinski definition) is 11. The molecule has 0 heterocycles. The Morgan fingerprint density at radius 3 is 2.41 bits per heavy atom. The molecule has 14 heteroatoms. The fraction of sp³-hybridized carbons (Fsp3) is 0.440. The van der Waals surface area contributed by atoms with Gasteiger partial charge >= 0.3 is 6.09 Å². The van der Waals surface area contributed by atoms with Gasteiger partial charge in [-0.1, -0.05) is 28.9 Å². The number of phenolic OH excluding ortho intramolecular Hbond substituents is 1. The first kappa shape index (κ1) is 28.5. The monoisotopic (exact) mass is 609 g/mol. The SMILES string of the molecule is C[C@H]1c2ccc(NC(=O)OCCBr)c(O)c2C(O)=C2C(=O)[C@]3(O)C(O)=C(C(N)=O)C(=O)[C@@H](N(C)C)C3[C@@H](O)C21. The van der Waals surface area contributed by atoms with Crippen LogP contribution in [0.1, 0.15) is 24.0 Å². The van der Waals surface area contributed by atoms with Gasteiger partial charge in [-0.25, -0.2) is 4.79 Å². The molecule has 0 aliphatic heterocycles. The first-order valence-corrected chi connectivity index (χ1v) is 13.0. The largest absolute Gasteiger partial charge is 0.508 e. The lowest BCUT2D eigenvalue weighted by atomic mass is 9.54. The van der Waals surface area contributed by atoms with Crippen molar-refractivity contribution < 1.29 is 49.4 Å². The summed E-state index contributed by atoms with van der Waals surface area (Å²) in [4.78, 5) is 52.5. The number of ether oxygens (including phenoxy) is 1. The van der Waals surface area contributed by atoms with Crippen molar-refractivity contribution in [3.05, 3.63) is 40.2 Å². The molecule has 4 rings (SSSR count). The Morgan fingerprint density at radius 2 is 1.85 bits per heavy atom. The Hall–Kier alpha value is -3.46. The molecule has 0 aromatic heterocycles. The third kappa shape index (κ3) is 4.01. The van der Waals surface area contributed by atoms with Crippen LogP contribution in [0.25, 0.3) is 5.76 Å². The molecule has 13 nitrogen and oxygen atoms in total. The minimum Gasteiger partial charge on any atom is -0.508 e.